The minimum atomic E-state index is -0.931. The first kappa shape index (κ1) is 14.7. The van der Waals surface area contributed by atoms with Crippen LogP contribution in [0.3, 0.4) is 0 Å². The molecule has 0 radical (unpaired) electrons. The van der Waals surface area contributed by atoms with Crippen molar-refractivity contribution in [2.45, 2.75) is 26.2 Å². The van der Waals surface area contributed by atoms with Crippen molar-refractivity contribution in [3.63, 3.8) is 0 Å². The van der Waals surface area contributed by atoms with Crippen molar-refractivity contribution >= 4 is 23.2 Å². The van der Waals surface area contributed by atoms with Crippen LogP contribution in [0, 0.1) is 0 Å². The second-order valence-corrected chi connectivity index (χ2v) is 4.23. The lowest BCUT2D eigenvalue weighted by Crippen LogP contribution is -2.26. The van der Waals surface area contributed by atoms with Crippen LogP contribution in [-0.2, 0) is 9.47 Å². The molecule has 0 heterocycles. The van der Waals surface area contributed by atoms with E-state index in [9.17, 15) is 5.11 Å². The summed E-state index contributed by atoms with van der Waals surface area (Å²) in [5.74, 6) is 0. The summed E-state index contributed by atoms with van der Waals surface area (Å²) in [5.41, 5.74) is 0.544. The van der Waals surface area contributed by atoms with Gasteiger partial charge in [-0.2, -0.15) is 0 Å². The van der Waals surface area contributed by atoms with Crippen LogP contribution in [0.5, 0.6) is 0 Å². The molecule has 1 aromatic rings. The number of hydrogen-bond donors (Lipinski definition) is 1. The third kappa shape index (κ3) is 4.12. The largest absolute Gasteiger partial charge is 0.383 e. The Hall–Kier alpha value is -0.320. The molecule has 0 fully saturated rings. The van der Waals surface area contributed by atoms with E-state index < -0.39 is 12.4 Å². The molecule has 0 bridgehead atoms. The van der Waals surface area contributed by atoms with Crippen LogP contribution in [0.25, 0.3) is 0 Å². The topological polar surface area (TPSA) is 38.7 Å². The smallest absolute Gasteiger partial charge is 0.187 e. The monoisotopic (exact) mass is 278 g/mol. The number of halogens is 2. The summed E-state index contributed by atoms with van der Waals surface area (Å²) in [6.07, 6.45) is -1.65. The Balaban J connectivity index is 2.88. The van der Waals surface area contributed by atoms with E-state index in [0.717, 1.165) is 0 Å². The lowest BCUT2D eigenvalue weighted by molar-refractivity contribution is -0.191. The highest BCUT2D eigenvalue weighted by Crippen LogP contribution is 2.29. The van der Waals surface area contributed by atoms with Gasteiger partial charge < -0.3 is 14.6 Å². The summed E-state index contributed by atoms with van der Waals surface area (Å²) >= 11 is 11.8. The third-order valence-electron chi connectivity index (χ3n) is 2.20. The molecule has 3 nitrogen and oxygen atoms in total. The van der Waals surface area contributed by atoms with Crippen molar-refractivity contribution in [3.05, 3.63) is 33.8 Å². The van der Waals surface area contributed by atoms with Crippen molar-refractivity contribution in [2.75, 3.05) is 13.2 Å². The Kier molecular flexibility index (Phi) is 6.23. The fourth-order valence-electron chi connectivity index (χ4n) is 1.45. The molecule has 1 atom stereocenters. The van der Waals surface area contributed by atoms with E-state index in [2.05, 4.69) is 0 Å². The van der Waals surface area contributed by atoms with E-state index in [4.69, 9.17) is 32.7 Å². The normalized spacial score (nSPS) is 13.1. The highest BCUT2D eigenvalue weighted by atomic mass is 35.5. The lowest BCUT2D eigenvalue weighted by Gasteiger charge is -2.23. The SMILES string of the molecule is CCOC(OCC)C(O)c1ccc(Cl)cc1Cl. The molecule has 96 valence electrons. The van der Waals surface area contributed by atoms with E-state index >= 15 is 0 Å². The summed E-state index contributed by atoms with van der Waals surface area (Å²) in [6, 6.07) is 4.91. The van der Waals surface area contributed by atoms with Crippen molar-refractivity contribution in [1.29, 1.82) is 0 Å². The molecule has 0 aliphatic carbocycles. The Morgan fingerprint density at radius 1 is 1.18 bits per heavy atom. The number of aliphatic hydroxyl groups is 1. The summed E-state index contributed by atoms with van der Waals surface area (Å²) in [7, 11) is 0. The zero-order chi connectivity index (χ0) is 12.8. The first-order chi connectivity index (χ1) is 8.10. The average Bonchev–Trinajstić information content (AvgIpc) is 2.28. The van der Waals surface area contributed by atoms with E-state index in [1.54, 1.807) is 18.2 Å². The van der Waals surface area contributed by atoms with Crippen molar-refractivity contribution in [3.8, 4) is 0 Å². The van der Waals surface area contributed by atoms with Crippen molar-refractivity contribution in [1.82, 2.24) is 0 Å². The highest BCUT2D eigenvalue weighted by molar-refractivity contribution is 6.35. The molecule has 1 N–H and O–H groups in total. The molecule has 17 heavy (non-hydrogen) atoms. The molecule has 1 rings (SSSR count). The third-order valence-corrected chi connectivity index (χ3v) is 2.76. The second-order valence-electron chi connectivity index (χ2n) is 3.39. The van der Waals surface area contributed by atoms with Crippen LogP contribution in [0.2, 0.25) is 10.0 Å². The Bertz CT molecular complexity index is 352. The molecular weight excluding hydrogens is 263 g/mol. The summed E-state index contributed by atoms with van der Waals surface area (Å²) in [5, 5.41) is 11.1. The molecule has 0 saturated carbocycles. The predicted molar refractivity (Wildman–Crippen MR) is 68.5 cm³/mol. The van der Waals surface area contributed by atoms with E-state index in [1.807, 2.05) is 13.8 Å². The number of ether oxygens (including phenoxy) is 2. The molecule has 1 unspecified atom stereocenters. The molecule has 0 aromatic heterocycles. The molecular formula is C12H16Cl2O3. The minimum absolute atomic E-state index is 0.398. The van der Waals surface area contributed by atoms with Crippen molar-refractivity contribution < 1.29 is 14.6 Å². The maximum atomic E-state index is 10.1. The summed E-state index contributed by atoms with van der Waals surface area (Å²) < 4.78 is 10.6. The molecule has 0 spiro atoms. The Morgan fingerprint density at radius 3 is 2.24 bits per heavy atom. The van der Waals surface area contributed by atoms with Gasteiger partial charge in [0.05, 0.1) is 0 Å². The Morgan fingerprint density at radius 2 is 1.76 bits per heavy atom. The zero-order valence-corrected chi connectivity index (χ0v) is 11.3. The summed E-state index contributed by atoms with van der Waals surface area (Å²) in [6.45, 7) is 4.57. The van der Waals surface area contributed by atoms with Gasteiger partial charge in [0.15, 0.2) is 6.29 Å². The van der Waals surface area contributed by atoms with Gasteiger partial charge in [0.25, 0.3) is 0 Å². The molecule has 0 saturated heterocycles. The van der Waals surface area contributed by atoms with E-state index in [1.165, 1.54) is 0 Å². The number of benzene rings is 1. The minimum Gasteiger partial charge on any atom is -0.383 e. The maximum Gasteiger partial charge on any atom is 0.187 e. The lowest BCUT2D eigenvalue weighted by atomic mass is 10.1. The van der Waals surface area contributed by atoms with Crippen LogP contribution in [0.4, 0.5) is 0 Å². The number of aliphatic hydroxyl groups excluding tert-OH is 1. The van der Waals surface area contributed by atoms with E-state index in [-0.39, 0.29) is 0 Å². The first-order valence-corrected chi connectivity index (χ1v) is 6.22. The first-order valence-electron chi connectivity index (χ1n) is 5.46. The van der Waals surface area contributed by atoms with Crippen LogP contribution in [-0.4, -0.2) is 24.6 Å². The van der Waals surface area contributed by atoms with Gasteiger partial charge in [0, 0.05) is 28.8 Å². The van der Waals surface area contributed by atoms with Gasteiger partial charge in [-0.05, 0) is 26.0 Å². The quantitative estimate of drug-likeness (QED) is 0.811. The standard InChI is InChI=1S/C12H16Cl2O3/c1-3-16-12(17-4-2)11(15)9-6-5-8(13)7-10(9)14/h5-7,11-12,15H,3-4H2,1-2H3. The fraction of sp³-hybridized carbons (Fsp3) is 0.500. The molecule has 5 heteroatoms. The Labute approximate surface area is 111 Å². The molecule has 0 aliphatic heterocycles. The fourth-order valence-corrected chi connectivity index (χ4v) is 1.97. The van der Waals surface area contributed by atoms with Crippen molar-refractivity contribution in [2.24, 2.45) is 0 Å². The van der Waals surface area contributed by atoms with Crippen LogP contribution >= 0.6 is 23.2 Å². The predicted octanol–water partition coefficient (Wildman–Crippen LogP) is 3.43. The van der Waals surface area contributed by atoms with Gasteiger partial charge in [0.2, 0.25) is 0 Å². The van der Waals surface area contributed by atoms with Gasteiger partial charge in [-0.15, -0.1) is 0 Å². The van der Waals surface area contributed by atoms with Crippen LogP contribution < -0.4 is 0 Å². The van der Waals surface area contributed by atoms with E-state index in [0.29, 0.717) is 28.8 Å². The van der Waals surface area contributed by atoms with Crippen LogP contribution in [0.1, 0.15) is 25.5 Å². The van der Waals surface area contributed by atoms with Gasteiger partial charge in [-0.3, -0.25) is 0 Å². The average molecular weight is 279 g/mol. The zero-order valence-electron chi connectivity index (χ0n) is 9.82. The number of hydrogen-bond acceptors (Lipinski definition) is 3. The van der Waals surface area contributed by atoms with Gasteiger partial charge in [-0.1, -0.05) is 29.3 Å². The maximum absolute atomic E-state index is 10.1. The number of rotatable bonds is 6. The highest BCUT2D eigenvalue weighted by Gasteiger charge is 2.23. The molecule has 0 aliphatic rings. The summed E-state index contributed by atoms with van der Waals surface area (Å²) in [4.78, 5) is 0. The van der Waals surface area contributed by atoms with Gasteiger partial charge in [-0.25, -0.2) is 0 Å². The second kappa shape index (κ2) is 7.19. The van der Waals surface area contributed by atoms with Crippen LogP contribution in [0.15, 0.2) is 18.2 Å². The van der Waals surface area contributed by atoms with Gasteiger partial charge in [0.1, 0.15) is 6.10 Å². The molecule has 0 amide bonds. The van der Waals surface area contributed by atoms with Gasteiger partial charge >= 0.3 is 0 Å². The molecule has 1 aromatic carbocycles.